The van der Waals surface area contributed by atoms with Crippen molar-refractivity contribution < 1.29 is 14.8 Å². The molecule has 0 bridgehead atoms. The number of ether oxygens (including phenoxy) is 1. The molecule has 0 spiro atoms. The highest BCUT2D eigenvalue weighted by Gasteiger charge is 2.31. The molecule has 2 rings (SSSR count). The van der Waals surface area contributed by atoms with Gasteiger partial charge in [-0.2, -0.15) is 0 Å². The van der Waals surface area contributed by atoms with Crippen LogP contribution in [0.3, 0.4) is 0 Å². The van der Waals surface area contributed by atoms with Crippen molar-refractivity contribution in [3.8, 4) is 5.75 Å². The van der Waals surface area contributed by atoms with Gasteiger partial charge in [0, 0.05) is 17.4 Å². The molecule has 2 N–H and O–H groups in total. The predicted octanol–water partition coefficient (Wildman–Crippen LogP) is 1.25. The highest BCUT2D eigenvalue weighted by atomic mass is 35.5. The minimum atomic E-state index is -1.44. The lowest BCUT2D eigenvalue weighted by Gasteiger charge is -2.14. The zero-order valence-electron chi connectivity index (χ0n) is 9.77. The van der Waals surface area contributed by atoms with Gasteiger partial charge in [-0.25, -0.2) is 0 Å². The van der Waals surface area contributed by atoms with Gasteiger partial charge in [0.25, 0.3) is 0 Å². The number of hydrogen-bond donors (Lipinski definition) is 2. The molecule has 1 heterocycles. The number of rotatable bonds is 4. The Labute approximate surface area is 107 Å². The summed E-state index contributed by atoms with van der Waals surface area (Å²) in [5.74, 6) is 1.74. The largest absolute Gasteiger partial charge is 0.490 e. The summed E-state index contributed by atoms with van der Waals surface area (Å²) >= 11 is 5.68. The maximum absolute atomic E-state index is 9.11. The Bertz CT molecular complexity index is 397. The normalized spacial score (nSPS) is 22.1. The van der Waals surface area contributed by atoms with Crippen LogP contribution in [-0.2, 0) is 0 Å². The quantitative estimate of drug-likeness (QED) is 0.628. The first-order valence-electron chi connectivity index (χ1n) is 5.86. The fourth-order valence-electron chi connectivity index (χ4n) is 2.24. The van der Waals surface area contributed by atoms with E-state index in [0.717, 1.165) is 24.2 Å². The van der Waals surface area contributed by atoms with Gasteiger partial charge in [-0.05, 0) is 24.4 Å². The van der Waals surface area contributed by atoms with Crippen molar-refractivity contribution in [3.05, 3.63) is 23.8 Å². The molecule has 0 amide bonds. The zero-order valence-corrected chi connectivity index (χ0v) is 10.5. The van der Waals surface area contributed by atoms with Gasteiger partial charge in [0.05, 0.1) is 0 Å². The summed E-state index contributed by atoms with van der Waals surface area (Å²) in [5, 5.41) is 18.2. The highest BCUT2D eigenvalue weighted by Crippen LogP contribution is 2.38. The average Bonchev–Trinajstić information content (AvgIpc) is 2.63. The fraction of sp³-hybridized carbons (Fsp3) is 0.500. The second-order valence-corrected chi connectivity index (χ2v) is 4.83. The van der Waals surface area contributed by atoms with Crippen LogP contribution in [0.4, 0.5) is 0 Å². The Morgan fingerprint density at radius 3 is 2.82 bits per heavy atom. The van der Waals surface area contributed by atoms with Gasteiger partial charge in [0.2, 0.25) is 0 Å². The lowest BCUT2D eigenvalue weighted by molar-refractivity contribution is 0.199. The van der Waals surface area contributed by atoms with Gasteiger partial charge in [-0.15, -0.1) is 11.6 Å². The Kier molecular flexibility index (Phi) is 3.97. The maximum Gasteiger partial charge on any atom is 0.488 e. The van der Waals surface area contributed by atoms with Gasteiger partial charge in [0.1, 0.15) is 11.9 Å². The SMILES string of the molecule is CC1c2ccc(B(O)O)cc2O[C@@H]1CCCCl. The van der Waals surface area contributed by atoms with E-state index >= 15 is 0 Å². The van der Waals surface area contributed by atoms with Gasteiger partial charge < -0.3 is 14.8 Å². The van der Waals surface area contributed by atoms with E-state index in [2.05, 4.69) is 6.92 Å². The second kappa shape index (κ2) is 5.30. The molecule has 1 aromatic carbocycles. The van der Waals surface area contributed by atoms with Gasteiger partial charge in [-0.1, -0.05) is 19.1 Å². The Morgan fingerprint density at radius 2 is 2.18 bits per heavy atom. The van der Waals surface area contributed by atoms with Crippen LogP contribution < -0.4 is 10.2 Å². The van der Waals surface area contributed by atoms with Crippen molar-refractivity contribution in [2.75, 3.05) is 5.88 Å². The molecule has 0 radical (unpaired) electrons. The van der Waals surface area contributed by atoms with Crippen LogP contribution in [0.1, 0.15) is 31.2 Å². The van der Waals surface area contributed by atoms with Crippen LogP contribution in [0.15, 0.2) is 18.2 Å². The average molecular weight is 255 g/mol. The standard InChI is InChI=1S/C12H16BClO3/c1-8-10-5-4-9(13(15)16)7-12(10)17-11(8)3-2-6-14/h4-5,7-8,11,15-16H,2-3,6H2,1H3/t8?,11-/m1/s1. The van der Waals surface area contributed by atoms with Crippen molar-refractivity contribution in [1.82, 2.24) is 0 Å². The smallest absolute Gasteiger partial charge is 0.488 e. The zero-order chi connectivity index (χ0) is 12.4. The molecule has 1 unspecified atom stereocenters. The summed E-state index contributed by atoms with van der Waals surface area (Å²) in [7, 11) is -1.44. The Morgan fingerprint density at radius 1 is 1.41 bits per heavy atom. The molecule has 0 saturated carbocycles. The molecule has 92 valence electrons. The van der Waals surface area contributed by atoms with Crippen molar-refractivity contribution in [1.29, 1.82) is 0 Å². The maximum atomic E-state index is 9.11. The van der Waals surface area contributed by atoms with E-state index in [-0.39, 0.29) is 6.10 Å². The molecule has 1 aliphatic heterocycles. The van der Waals surface area contributed by atoms with Gasteiger partial charge in [-0.3, -0.25) is 0 Å². The van der Waals surface area contributed by atoms with Crippen molar-refractivity contribution in [2.24, 2.45) is 0 Å². The topological polar surface area (TPSA) is 49.7 Å². The second-order valence-electron chi connectivity index (χ2n) is 4.45. The van der Waals surface area contributed by atoms with Gasteiger partial charge in [0.15, 0.2) is 0 Å². The first-order valence-corrected chi connectivity index (χ1v) is 6.39. The molecule has 17 heavy (non-hydrogen) atoms. The summed E-state index contributed by atoms with van der Waals surface area (Å²) in [4.78, 5) is 0. The third-order valence-electron chi connectivity index (χ3n) is 3.28. The summed E-state index contributed by atoms with van der Waals surface area (Å²) in [5.41, 5.74) is 1.60. The van der Waals surface area contributed by atoms with Crippen molar-refractivity contribution >= 4 is 24.2 Å². The first-order chi connectivity index (χ1) is 8.13. The lowest BCUT2D eigenvalue weighted by Crippen LogP contribution is -2.29. The number of fused-ring (bicyclic) bond motifs is 1. The van der Waals surface area contributed by atoms with Crippen LogP contribution in [0, 0.1) is 0 Å². The molecule has 1 aliphatic rings. The molecule has 0 aliphatic carbocycles. The van der Waals surface area contributed by atoms with Crippen LogP contribution >= 0.6 is 11.6 Å². The lowest BCUT2D eigenvalue weighted by atomic mass is 9.79. The summed E-state index contributed by atoms with van der Waals surface area (Å²) < 4.78 is 5.83. The molecular weight excluding hydrogens is 238 g/mol. The summed E-state index contributed by atoms with van der Waals surface area (Å²) in [6.07, 6.45) is 2.01. The van der Waals surface area contributed by atoms with E-state index < -0.39 is 7.12 Å². The molecule has 2 atom stereocenters. The van der Waals surface area contributed by atoms with E-state index in [1.165, 1.54) is 0 Å². The molecule has 0 aromatic heterocycles. The summed E-state index contributed by atoms with van der Waals surface area (Å²) in [6.45, 7) is 2.12. The molecule has 0 saturated heterocycles. The van der Waals surface area contributed by atoms with E-state index in [9.17, 15) is 0 Å². The van der Waals surface area contributed by atoms with Crippen LogP contribution in [-0.4, -0.2) is 29.2 Å². The van der Waals surface area contributed by atoms with Crippen molar-refractivity contribution in [3.63, 3.8) is 0 Å². The summed E-state index contributed by atoms with van der Waals surface area (Å²) in [6, 6.07) is 5.35. The third-order valence-corrected chi connectivity index (χ3v) is 3.55. The monoisotopic (exact) mass is 254 g/mol. The minimum absolute atomic E-state index is 0.148. The number of benzene rings is 1. The molecule has 3 nitrogen and oxygen atoms in total. The number of hydrogen-bond acceptors (Lipinski definition) is 3. The molecular formula is C12H16BClO3. The van der Waals surface area contributed by atoms with Crippen LogP contribution in [0.25, 0.3) is 0 Å². The first kappa shape index (κ1) is 12.7. The molecule has 5 heteroatoms. The van der Waals surface area contributed by atoms with Crippen LogP contribution in [0.2, 0.25) is 0 Å². The van der Waals surface area contributed by atoms with Crippen LogP contribution in [0.5, 0.6) is 5.75 Å². The fourth-order valence-corrected chi connectivity index (χ4v) is 2.40. The Balaban J connectivity index is 2.16. The number of alkyl halides is 1. The Hall–Kier alpha value is -0.705. The van der Waals surface area contributed by atoms with E-state index in [0.29, 0.717) is 17.3 Å². The predicted molar refractivity (Wildman–Crippen MR) is 69.1 cm³/mol. The van der Waals surface area contributed by atoms with Crippen molar-refractivity contribution in [2.45, 2.75) is 31.8 Å². The van der Waals surface area contributed by atoms with Gasteiger partial charge >= 0.3 is 7.12 Å². The number of halogens is 1. The molecule has 1 aromatic rings. The van der Waals surface area contributed by atoms with E-state index in [4.69, 9.17) is 26.4 Å². The third kappa shape index (κ3) is 2.59. The van der Waals surface area contributed by atoms with E-state index in [1.807, 2.05) is 6.07 Å². The van der Waals surface area contributed by atoms with E-state index in [1.54, 1.807) is 12.1 Å². The minimum Gasteiger partial charge on any atom is -0.490 e. The highest BCUT2D eigenvalue weighted by molar-refractivity contribution is 6.58. The molecule has 0 fully saturated rings.